The van der Waals surface area contributed by atoms with Crippen molar-refractivity contribution in [1.29, 1.82) is 0 Å². The fourth-order valence-electron chi connectivity index (χ4n) is 3.85. The normalized spacial score (nSPS) is 16.8. The fraction of sp³-hybridized carbons (Fsp3) is 0.360. The van der Waals surface area contributed by atoms with Gasteiger partial charge in [-0.15, -0.1) is 0 Å². The number of carbonyl (C=O) groups excluding carboxylic acids is 2. The Morgan fingerprint density at radius 2 is 2.11 bits per heavy atom. The number of rotatable bonds is 9. The standard InChI is InChI=1S/C25H30N8O3/c1-4-15(12-28-19-9-8-18(16-5-6-16)32-24(19)27-3)11-20(36-26)14(2)31-25(35)22-17-7-10-21(34)33-23(17)30-13-29-22/h4,8-9,11-14,16H,5-7,10,26H2,1-3H3,(H,27,32)(H,31,35)(H,29,30,33,34)/b15-4+,20-11-,28-12?. The van der Waals surface area contributed by atoms with Crippen LogP contribution in [0, 0.1) is 0 Å². The summed E-state index contributed by atoms with van der Waals surface area (Å²) < 4.78 is 0. The van der Waals surface area contributed by atoms with Gasteiger partial charge in [-0.25, -0.2) is 15.0 Å². The van der Waals surface area contributed by atoms with Gasteiger partial charge in [0.1, 0.15) is 29.3 Å². The van der Waals surface area contributed by atoms with E-state index in [4.69, 9.17) is 10.7 Å². The Hall–Kier alpha value is -4.12. The third-order valence-corrected chi connectivity index (χ3v) is 6.05. The lowest BCUT2D eigenvalue weighted by molar-refractivity contribution is -0.116. The molecule has 3 heterocycles. The van der Waals surface area contributed by atoms with Crippen LogP contribution in [-0.4, -0.2) is 46.1 Å². The van der Waals surface area contributed by atoms with Crippen molar-refractivity contribution in [1.82, 2.24) is 20.3 Å². The van der Waals surface area contributed by atoms with Crippen LogP contribution in [0.25, 0.3) is 0 Å². The number of anilines is 2. The van der Waals surface area contributed by atoms with E-state index in [1.807, 2.05) is 32.2 Å². The Bertz CT molecular complexity index is 1250. The van der Waals surface area contributed by atoms with Crippen molar-refractivity contribution in [3.8, 4) is 0 Å². The van der Waals surface area contributed by atoms with E-state index in [-0.39, 0.29) is 18.0 Å². The molecule has 11 nitrogen and oxygen atoms in total. The van der Waals surface area contributed by atoms with Crippen molar-refractivity contribution < 1.29 is 14.4 Å². The van der Waals surface area contributed by atoms with Gasteiger partial charge in [0.25, 0.3) is 5.91 Å². The van der Waals surface area contributed by atoms with E-state index >= 15 is 0 Å². The summed E-state index contributed by atoms with van der Waals surface area (Å²) in [4.78, 5) is 47.1. The van der Waals surface area contributed by atoms with Gasteiger partial charge in [-0.1, -0.05) is 6.08 Å². The van der Waals surface area contributed by atoms with Gasteiger partial charge in [0.15, 0.2) is 5.82 Å². The maximum Gasteiger partial charge on any atom is 0.270 e. The molecule has 4 rings (SSSR count). The molecule has 0 bridgehead atoms. The molecule has 1 unspecified atom stereocenters. The minimum Gasteiger partial charge on any atom is -0.414 e. The van der Waals surface area contributed by atoms with Crippen molar-refractivity contribution >= 4 is 35.4 Å². The summed E-state index contributed by atoms with van der Waals surface area (Å²) in [6.07, 6.45) is 9.51. The van der Waals surface area contributed by atoms with Crippen LogP contribution in [0.1, 0.15) is 60.8 Å². The van der Waals surface area contributed by atoms with Gasteiger partial charge in [0.05, 0.1) is 6.04 Å². The molecule has 36 heavy (non-hydrogen) atoms. The molecular weight excluding hydrogens is 460 g/mol. The van der Waals surface area contributed by atoms with Crippen molar-refractivity contribution in [3.05, 3.63) is 58.9 Å². The number of nitrogens with zero attached hydrogens (tertiary/aromatic N) is 4. The molecule has 2 aliphatic rings. The number of hydrogen-bond acceptors (Lipinski definition) is 9. The van der Waals surface area contributed by atoms with Gasteiger partial charge < -0.3 is 20.8 Å². The van der Waals surface area contributed by atoms with Crippen LogP contribution in [0.2, 0.25) is 0 Å². The molecule has 1 aliphatic heterocycles. The largest absolute Gasteiger partial charge is 0.414 e. The third-order valence-electron chi connectivity index (χ3n) is 6.05. The van der Waals surface area contributed by atoms with Crippen LogP contribution in [0.15, 0.2) is 46.9 Å². The lowest BCUT2D eigenvalue weighted by Crippen LogP contribution is -2.37. The first kappa shape index (κ1) is 25.0. The van der Waals surface area contributed by atoms with Crippen molar-refractivity contribution in [2.45, 2.75) is 51.5 Å². The maximum atomic E-state index is 13.0. The molecule has 1 saturated carbocycles. The van der Waals surface area contributed by atoms with Crippen LogP contribution >= 0.6 is 0 Å². The van der Waals surface area contributed by atoms with Crippen molar-refractivity contribution in [3.63, 3.8) is 0 Å². The van der Waals surface area contributed by atoms with Gasteiger partial charge in [0, 0.05) is 36.9 Å². The number of aromatic nitrogens is 3. The van der Waals surface area contributed by atoms with E-state index in [2.05, 4.69) is 35.9 Å². The van der Waals surface area contributed by atoms with E-state index in [0.717, 1.165) is 17.1 Å². The van der Waals surface area contributed by atoms with E-state index in [0.29, 0.717) is 35.2 Å². The molecule has 2 aromatic rings. The van der Waals surface area contributed by atoms with Crippen LogP contribution in [-0.2, 0) is 16.1 Å². The molecule has 1 fully saturated rings. The van der Waals surface area contributed by atoms with Crippen LogP contribution in [0.5, 0.6) is 0 Å². The maximum absolute atomic E-state index is 13.0. The molecule has 0 radical (unpaired) electrons. The highest BCUT2D eigenvalue weighted by molar-refractivity contribution is 5.99. The summed E-state index contributed by atoms with van der Waals surface area (Å²) in [6.45, 7) is 3.61. The second-order valence-corrected chi connectivity index (χ2v) is 8.63. The number of allylic oxidation sites excluding steroid dienone is 3. The fourth-order valence-corrected chi connectivity index (χ4v) is 3.85. The van der Waals surface area contributed by atoms with E-state index in [1.54, 1.807) is 19.2 Å². The lowest BCUT2D eigenvalue weighted by atomic mass is 10.0. The molecular formula is C25H30N8O3. The number of amides is 2. The number of pyridine rings is 1. The average molecular weight is 491 g/mol. The molecule has 11 heteroatoms. The quantitative estimate of drug-likeness (QED) is 0.181. The van der Waals surface area contributed by atoms with E-state index in [9.17, 15) is 9.59 Å². The molecule has 0 aromatic carbocycles. The zero-order chi connectivity index (χ0) is 25.7. The number of aliphatic imine (C=N–C) groups is 1. The Morgan fingerprint density at radius 3 is 2.81 bits per heavy atom. The predicted molar refractivity (Wildman–Crippen MR) is 137 cm³/mol. The molecule has 2 aromatic heterocycles. The summed E-state index contributed by atoms with van der Waals surface area (Å²) in [7, 11) is 1.82. The van der Waals surface area contributed by atoms with Crippen LogP contribution in [0.3, 0.4) is 0 Å². The number of nitrogens with two attached hydrogens (primary N) is 1. The molecule has 1 aliphatic carbocycles. The second-order valence-electron chi connectivity index (χ2n) is 8.63. The Morgan fingerprint density at radius 1 is 1.31 bits per heavy atom. The molecule has 5 N–H and O–H groups in total. The zero-order valence-corrected chi connectivity index (χ0v) is 20.5. The predicted octanol–water partition coefficient (Wildman–Crippen LogP) is 2.92. The Labute approximate surface area is 209 Å². The summed E-state index contributed by atoms with van der Waals surface area (Å²) >= 11 is 0. The average Bonchev–Trinajstić information content (AvgIpc) is 3.74. The minimum absolute atomic E-state index is 0.139. The number of nitrogens with one attached hydrogen (secondary N) is 3. The van der Waals surface area contributed by atoms with Gasteiger partial charge in [-0.05, 0) is 56.9 Å². The van der Waals surface area contributed by atoms with E-state index < -0.39 is 11.9 Å². The van der Waals surface area contributed by atoms with Gasteiger partial charge >= 0.3 is 0 Å². The highest BCUT2D eigenvalue weighted by Crippen LogP contribution is 2.40. The van der Waals surface area contributed by atoms with Crippen molar-refractivity contribution in [2.75, 3.05) is 17.7 Å². The van der Waals surface area contributed by atoms with Gasteiger partial charge in [0.2, 0.25) is 5.91 Å². The Balaban J connectivity index is 1.47. The molecule has 0 spiro atoms. The lowest BCUT2D eigenvalue weighted by Gasteiger charge is -2.20. The second kappa shape index (κ2) is 11.1. The first-order chi connectivity index (χ1) is 17.4. The summed E-state index contributed by atoms with van der Waals surface area (Å²) in [5.74, 6) is 6.94. The summed E-state index contributed by atoms with van der Waals surface area (Å²) in [5, 5.41) is 8.62. The molecule has 188 valence electrons. The molecule has 2 amide bonds. The minimum atomic E-state index is -0.568. The van der Waals surface area contributed by atoms with Crippen molar-refractivity contribution in [2.24, 2.45) is 10.9 Å². The smallest absolute Gasteiger partial charge is 0.270 e. The topological polar surface area (TPSA) is 157 Å². The highest BCUT2D eigenvalue weighted by Gasteiger charge is 2.26. The highest BCUT2D eigenvalue weighted by atomic mass is 16.6. The number of carbonyl (C=O) groups is 2. The first-order valence-electron chi connectivity index (χ1n) is 11.9. The SMILES string of the molecule is C/C=C(C=Nc1ccc(C2CC2)nc1NC)\C=C(/ON)C(C)NC(=O)c1ncnc2c1CCC(=O)N2. The van der Waals surface area contributed by atoms with E-state index in [1.165, 1.54) is 19.2 Å². The zero-order valence-electron chi connectivity index (χ0n) is 20.5. The molecule has 0 saturated heterocycles. The Kier molecular flexibility index (Phi) is 7.69. The number of hydrogen-bond donors (Lipinski definition) is 4. The monoisotopic (exact) mass is 490 g/mol. The first-order valence-corrected chi connectivity index (χ1v) is 11.9. The number of fused-ring (bicyclic) bond motifs is 1. The summed E-state index contributed by atoms with van der Waals surface area (Å²) in [6, 6.07) is 3.40. The van der Waals surface area contributed by atoms with Crippen LogP contribution in [0.4, 0.5) is 17.3 Å². The molecule has 1 atom stereocenters. The van der Waals surface area contributed by atoms with Gasteiger partial charge in [-0.3, -0.25) is 14.6 Å². The van der Waals surface area contributed by atoms with Crippen LogP contribution < -0.4 is 21.8 Å². The van der Waals surface area contributed by atoms with Gasteiger partial charge in [-0.2, -0.15) is 5.90 Å². The summed E-state index contributed by atoms with van der Waals surface area (Å²) in [5.41, 5.74) is 3.33. The third kappa shape index (κ3) is 5.74.